The Morgan fingerprint density at radius 2 is 2.25 bits per heavy atom. The third-order valence-corrected chi connectivity index (χ3v) is 6.09. The third-order valence-electron chi connectivity index (χ3n) is 6.09. The molecular weight excluding hydrogens is 408 g/mol. The smallest absolute Gasteiger partial charge is 0.320 e. The first kappa shape index (κ1) is 21.9. The van der Waals surface area contributed by atoms with Gasteiger partial charge in [-0.15, -0.1) is 0 Å². The number of carbonyl (C=O) groups is 2. The fourth-order valence-corrected chi connectivity index (χ4v) is 4.38. The molecule has 0 radical (unpaired) electrons. The van der Waals surface area contributed by atoms with Crippen LogP contribution in [0.5, 0.6) is 0 Å². The highest BCUT2D eigenvalue weighted by Crippen LogP contribution is 2.29. The minimum atomic E-state index is -0.938. The molecule has 3 N–H and O–H groups in total. The number of anilines is 1. The van der Waals surface area contributed by atoms with Crippen LogP contribution in [0, 0.1) is 0 Å². The molecule has 1 saturated heterocycles. The zero-order valence-corrected chi connectivity index (χ0v) is 18.3. The van der Waals surface area contributed by atoms with Crippen molar-refractivity contribution in [2.45, 2.75) is 37.8 Å². The Bertz CT molecular complexity index is 940. The minimum absolute atomic E-state index is 0.112. The van der Waals surface area contributed by atoms with Gasteiger partial charge in [0.25, 0.3) is 0 Å². The molecule has 3 aliphatic rings. The molecule has 0 aliphatic carbocycles. The number of carboxylic acids is 1. The van der Waals surface area contributed by atoms with E-state index in [9.17, 15) is 14.7 Å². The molecule has 1 aromatic rings. The maximum atomic E-state index is 13.1. The lowest BCUT2D eigenvalue weighted by atomic mass is 10.0. The van der Waals surface area contributed by atoms with E-state index in [-0.39, 0.29) is 18.5 Å². The number of aromatic nitrogens is 1. The second kappa shape index (κ2) is 9.84. The fourth-order valence-electron chi connectivity index (χ4n) is 4.38. The van der Waals surface area contributed by atoms with Gasteiger partial charge in [-0.1, -0.05) is 24.3 Å². The molecule has 2 amide bonds. The summed E-state index contributed by atoms with van der Waals surface area (Å²) >= 11 is 0. The average molecular weight is 439 g/mol. The molecule has 1 fully saturated rings. The number of amidine groups is 1. The summed E-state index contributed by atoms with van der Waals surface area (Å²) in [6.45, 7) is 2.66. The zero-order chi connectivity index (χ0) is 22.5. The molecule has 0 bridgehead atoms. The maximum absolute atomic E-state index is 13.1. The molecule has 32 heavy (non-hydrogen) atoms. The Morgan fingerprint density at radius 1 is 1.38 bits per heavy atom. The van der Waals surface area contributed by atoms with E-state index >= 15 is 0 Å². The number of aliphatic imine (C=N–C) groups is 1. The van der Waals surface area contributed by atoms with Crippen molar-refractivity contribution in [1.29, 1.82) is 0 Å². The van der Waals surface area contributed by atoms with E-state index in [4.69, 9.17) is 4.99 Å². The number of fused-ring (bicyclic) bond motifs is 1. The largest absolute Gasteiger partial charge is 0.481 e. The molecule has 0 aromatic carbocycles. The Balaban J connectivity index is 1.34. The molecule has 170 valence electrons. The highest BCUT2D eigenvalue weighted by molar-refractivity contribution is 6.02. The Labute approximate surface area is 187 Å². The summed E-state index contributed by atoms with van der Waals surface area (Å²) in [7, 11) is 1.77. The molecule has 0 saturated carbocycles. The Morgan fingerprint density at radius 3 is 3.00 bits per heavy atom. The van der Waals surface area contributed by atoms with Crippen molar-refractivity contribution in [3.8, 4) is 0 Å². The van der Waals surface area contributed by atoms with Crippen LogP contribution >= 0.6 is 0 Å². The number of aliphatic carboxylic acids is 1. The van der Waals surface area contributed by atoms with E-state index < -0.39 is 12.0 Å². The number of nitrogens with one attached hydrogen (secondary N) is 2. The number of urea groups is 1. The van der Waals surface area contributed by atoms with Crippen molar-refractivity contribution in [3.63, 3.8) is 0 Å². The third kappa shape index (κ3) is 4.92. The predicted molar refractivity (Wildman–Crippen MR) is 123 cm³/mol. The quantitative estimate of drug-likeness (QED) is 0.546. The van der Waals surface area contributed by atoms with Crippen LogP contribution in [0.3, 0.4) is 0 Å². The van der Waals surface area contributed by atoms with Gasteiger partial charge in [0.15, 0.2) is 0 Å². The first-order chi connectivity index (χ1) is 15.5. The Kier molecular flexibility index (Phi) is 6.72. The van der Waals surface area contributed by atoms with Crippen molar-refractivity contribution in [1.82, 2.24) is 20.1 Å². The van der Waals surface area contributed by atoms with E-state index in [0.29, 0.717) is 25.5 Å². The van der Waals surface area contributed by atoms with Crippen molar-refractivity contribution in [2.75, 3.05) is 38.5 Å². The first-order valence-corrected chi connectivity index (χ1v) is 11.2. The number of hydrogen-bond donors (Lipinski definition) is 3. The number of pyridine rings is 1. The van der Waals surface area contributed by atoms with Crippen molar-refractivity contribution >= 4 is 23.7 Å². The van der Waals surface area contributed by atoms with Crippen LogP contribution in [0.4, 0.5) is 10.6 Å². The fraction of sp³-hybridized carbons (Fsp3) is 0.478. The summed E-state index contributed by atoms with van der Waals surface area (Å²) in [5.74, 6) is 0.733. The maximum Gasteiger partial charge on any atom is 0.320 e. The van der Waals surface area contributed by atoms with E-state index in [2.05, 4.69) is 33.8 Å². The molecule has 0 spiro atoms. The van der Waals surface area contributed by atoms with Crippen LogP contribution in [0.1, 0.15) is 37.3 Å². The molecule has 9 nitrogen and oxygen atoms in total. The molecule has 3 aliphatic heterocycles. The van der Waals surface area contributed by atoms with Crippen LogP contribution < -0.4 is 10.6 Å². The molecule has 9 heteroatoms. The van der Waals surface area contributed by atoms with Gasteiger partial charge in [0.1, 0.15) is 11.7 Å². The van der Waals surface area contributed by atoms with E-state index in [1.807, 2.05) is 11.0 Å². The number of nitrogens with zero attached hydrogens (tertiary/aromatic N) is 4. The van der Waals surface area contributed by atoms with Crippen LogP contribution in [0.15, 0.2) is 47.1 Å². The number of dihydropyridines is 1. The molecule has 4 heterocycles. The standard InChI is InChI=1S/C23H30N6O3/c1-24-20-9-7-17(15-26-20)19(14-21(30)31)29-13-12-28(23(29)32)11-3-5-18-8-6-16-4-2-10-25-22(16)27-18/h4,6-9,15,18-19H,2-3,5,10-14H2,1H3,(H,24,26)(H,25,27)(H,30,31). The molecule has 4 rings (SSSR count). The lowest BCUT2D eigenvalue weighted by Crippen LogP contribution is -2.36. The normalized spacial score (nSPS) is 20.9. The summed E-state index contributed by atoms with van der Waals surface area (Å²) in [5.41, 5.74) is 1.90. The highest BCUT2D eigenvalue weighted by Gasteiger charge is 2.35. The number of rotatable bonds is 9. The summed E-state index contributed by atoms with van der Waals surface area (Å²) in [6.07, 6.45) is 10.7. The van der Waals surface area contributed by atoms with Crippen LogP contribution in [-0.4, -0.2) is 77.0 Å². The lowest BCUT2D eigenvalue weighted by molar-refractivity contribution is -0.138. The van der Waals surface area contributed by atoms with E-state index in [1.165, 1.54) is 5.57 Å². The van der Waals surface area contributed by atoms with Crippen LogP contribution in [0.2, 0.25) is 0 Å². The van der Waals surface area contributed by atoms with Gasteiger partial charge < -0.3 is 25.5 Å². The monoisotopic (exact) mass is 438 g/mol. The van der Waals surface area contributed by atoms with Crippen molar-refractivity contribution < 1.29 is 14.7 Å². The van der Waals surface area contributed by atoms with Gasteiger partial charge in [0.2, 0.25) is 0 Å². The first-order valence-electron chi connectivity index (χ1n) is 11.2. The van der Waals surface area contributed by atoms with Gasteiger partial charge in [0, 0.05) is 45.0 Å². The lowest BCUT2D eigenvalue weighted by Gasteiger charge is -2.27. The molecule has 2 unspecified atom stereocenters. The van der Waals surface area contributed by atoms with Gasteiger partial charge in [-0.05, 0) is 30.9 Å². The zero-order valence-electron chi connectivity index (χ0n) is 18.3. The summed E-state index contributed by atoms with van der Waals surface area (Å²) in [4.78, 5) is 37.1. The molecule has 1 aromatic heterocycles. The number of hydrogen-bond acceptors (Lipinski definition) is 6. The molecular formula is C23H30N6O3. The second-order valence-corrected chi connectivity index (χ2v) is 8.22. The van der Waals surface area contributed by atoms with Crippen LogP contribution in [-0.2, 0) is 4.79 Å². The topological polar surface area (TPSA) is 110 Å². The number of carboxylic acid groups (broad SMARTS) is 1. The summed E-state index contributed by atoms with van der Waals surface area (Å²) in [6, 6.07) is 3.11. The SMILES string of the molecule is CNc1ccc(C(CC(=O)O)N2CCN(CCCC3C=CC4=CCCNC4=N3)C2=O)cn1. The second-order valence-electron chi connectivity index (χ2n) is 8.22. The summed E-state index contributed by atoms with van der Waals surface area (Å²) < 4.78 is 0. The predicted octanol–water partition coefficient (Wildman–Crippen LogP) is 2.41. The van der Waals surface area contributed by atoms with Gasteiger partial charge in [-0.3, -0.25) is 9.79 Å². The van der Waals surface area contributed by atoms with Crippen molar-refractivity contribution in [2.24, 2.45) is 4.99 Å². The minimum Gasteiger partial charge on any atom is -0.481 e. The van der Waals surface area contributed by atoms with E-state index in [1.54, 1.807) is 24.2 Å². The Hall–Kier alpha value is -3.36. The summed E-state index contributed by atoms with van der Waals surface area (Å²) in [5, 5.41) is 15.7. The number of carbonyl (C=O) groups excluding carboxylic acids is 1. The van der Waals surface area contributed by atoms with E-state index in [0.717, 1.165) is 37.2 Å². The number of amides is 2. The van der Waals surface area contributed by atoms with Gasteiger partial charge in [-0.25, -0.2) is 9.78 Å². The molecule has 2 atom stereocenters. The van der Waals surface area contributed by atoms with Gasteiger partial charge in [0.05, 0.1) is 18.5 Å². The average Bonchev–Trinajstić information content (AvgIpc) is 3.17. The van der Waals surface area contributed by atoms with Crippen molar-refractivity contribution in [3.05, 3.63) is 47.7 Å². The van der Waals surface area contributed by atoms with Gasteiger partial charge >= 0.3 is 12.0 Å². The van der Waals surface area contributed by atoms with Crippen LogP contribution in [0.25, 0.3) is 0 Å². The van der Waals surface area contributed by atoms with Gasteiger partial charge in [-0.2, -0.15) is 0 Å². The highest BCUT2D eigenvalue weighted by atomic mass is 16.4.